The minimum Gasteiger partial charge on any atom is -0.394 e. The molecule has 0 aliphatic carbocycles. The molecule has 0 amide bonds. The number of halogens is 5. The van der Waals surface area contributed by atoms with Crippen LogP contribution < -0.4 is 0 Å². The summed E-state index contributed by atoms with van der Waals surface area (Å²) in [5, 5.41) is 9.33. The first-order chi connectivity index (χ1) is 14.8. The van der Waals surface area contributed by atoms with E-state index in [9.17, 15) is 17.6 Å². The highest BCUT2D eigenvalue weighted by molar-refractivity contribution is 9.08. The number of ether oxygens (including phenoxy) is 4. The molecule has 0 saturated heterocycles. The van der Waals surface area contributed by atoms with Gasteiger partial charge in [0, 0.05) is 5.33 Å². The number of hydrogen-bond acceptors (Lipinski definition) is 5. The highest BCUT2D eigenvalue weighted by Crippen LogP contribution is 2.27. The van der Waals surface area contributed by atoms with E-state index in [4.69, 9.17) is 5.11 Å². The van der Waals surface area contributed by atoms with E-state index in [1.54, 1.807) is 30.3 Å². The Bertz CT molecular complexity index is 693. The molecule has 10 heteroatoms. The Hall–Kier alpha value is -1.56. The van der Waals surface area contributed by atoms with Crippen molar-refractivity contribution in [2.75, 3.05) is 33.2 Å². The first-order valence-corrected chi connectivity index (χ1v) is 10.3. The molecular weight excluding hydrogens is 488 g/mol. The Balaban J connectivity index is 0.000000500. The standard InChI is InChI=1S/C14H18F4O5.C7H7Br/c15-13(16,9-21-8-12-4-2-1-3-5-12)23-14(17,18)10-22-11-20-7-6-19;8-6-7-4-2-1-3-5-7/h1-5,19H,6-11H2;1-5H,6H2. The average Bonchev–Trinajstić information content (AvgIpc) is 2.74. The van der Waals surface area contributed by atoms with Crippen molar-refractivity contribution in [2.45, 2.75) is 24.2 Å². The van der Waals surface area contributed by atoms with Gasteiger partial charge in [-0.25, -0.2) is 0 Å². The van der Waals surface area contributed by atoms with Crippen LogP contribution in [-0.2, 0) is 30.9 Å². The minimum absolute atomic E-state index is 0.115. The SMILES string of the molecule is BrCc1ccccc1.OCCOCOCC(F)(F)OC(F)(F)COCc1ccccc1. The van der Waals surface area contributed by atoms with Crippen molar-refractivity contribution >= 4 is 15.9 Å². The Morgan fingerprint density at radius 2 is 1.26 bits per heavy atom. The summed E-state index contributed by atoms with van der Waals surface area (Å²) in [6.45, 7) is -3.89. The molecule has 2 aromatic rings. The molecule has 0 aliphatic rings. The van der Waals surface area contributed by atoms with Crippen LogP contribution in [0, 0.1) is 0 Å². The summed E-state index contributed by atoms with van der Waals surface area (Å²) in [6, 6.07) is 18.7. The quantitative estimate of drug-likeness (QED) is 0.178. The summed E-state index contributed by atoms with van der Waals surface area (Å²) in [7, 11) is 0. The molecular formula is C21H25BrF4O5. The van der Waals surface area contributed by atoms with Crippen LogP contribution in [0.1, 0.15) is 11.1 Å². The molecule has 0 fully saturated rings. The maximum atomic E-state index is 13.3. The molecule has 0 unspecified atom stereocenters. The lowest BCUT2D eigenvalue weighted by Gasteiger charge is -2.23. The summed E-state index contributed by atoms with van der Waals surface area (Å²) in [5.41, 5.74) is 1.95. The first-order valence-electron chi connectivity index (χ1n) is 9.22. The highest BCUT2D eigenvalue weighted by Gasteiger charge is 2.44. The predicted octanol–water partition coefficient (Wildman–Crippen LogP) is 4.97. The fraction of sp³-hybridized carbons (Fsp3) is 0.429. The fourth-order valence-electron chi connectivity index (χ4n) is 2.05. The van der Waals surface area contributed by atoms with Gasteiger partial charge in [-0.15, -0.1) is 0 Å². The number of aliphatic hydroxyl groups excluding tert-OH is 1. The molecule has 0 atom stereocenters. The molecule has 0 heterocycles. The molecule has 2 rings (SSSR count). The van der Waals surface area contributed by atoms with E-state index in [-0.39, 0.29) is 19.8 Å². The van der Waals surface area contributed by atoms with Gasteiger partial charge in [0.15, 0.2) is 0 Å². The van der Waals surface area contributed by atoms with Crippen molar-refractivity contribution < 1.29 is 41.6 Å². The van der Waals surface area contributed by atoms with Gasteiger partial charge in [-0.2, -0.15) is 17.6 Å². The number of hydrogen-bond donors (Lipinski definition) is 1. The third kappa shape index (κ3) is 14.2. The van der Waals surface area contributed by atoms with Crippen molar-refractivity contribution in [2.24, 2.45) is 0 Å². The van der Waals surface area contributed by atoms with Crippen LogP contribution in [0.2, 0.25) is 0 Å². The van der Waals surface area contributed by atoms with Crippen LogP contribution >= 0.6 is 15.9 Å². The van der Waals surface area contributed by atoms with Gasteiger partial charge in [0.1, 0.15) is 20.0 Å². The third-order valence-electron chi connectivity index (χ3n) is 3.35. The summed E-state index contributed by atoms with van der Waals surface area (Å²) in [4.78, 5) is 0. The Labute approximate surface area is 187 Å². The van der Waals surface area contributed by atoms with Gasteiger partial charge in [0.25, 0.3) is 0 Å². The van der Waals surface area contributed by atoms with Crippen LogP contribution in [0.5, 0.6) is 0 Å². The number of aliphatic hydroxyl groups is 1. The van der Waals surface area contributed by atoms with E-state index in [0.717, 1.165) is 5.33 Å². The van der Waals surface area contributed by atoms with Crippen molar-refractivity contribution in [1.29, 1.82) is 0 Å². The summed E-state index contributed by atoms with van der Waals surface area (Å²) < 4.78 is 70.0. The van der Waals surface area contributed by atoms with Crippen molar-refractivity contribution in [3.05, 3.63) is 71.8 Å². The zero-order valence-corrected chi connectivity index (χ0v) is 18.3. The van der Waals surface area contributed by atoms with Gasteiger partial charge in [0.05, 0.1) is 19.8 Å². The zero-order chi connectivity index (χ0) is 23.0. The molecule has 31 heavy (non-hydrogen) atoms. The lowest BCUT2D eigenvalue weighted by molar-refractivity contribution is -0.396. The smallest absolute Gasteiger partial charge is 0.383 e. The van der Waals surface area contributed by atoms with Crippen molar-refractivity contribution in [3.63, 3.8) is 0 Å². The van der Waals surface area contributed by atoms with Crippen molar-refractivity contribution in [3.8, 4) is 0 Å². The molecule has 174 valence electrons. The van der Waals surface area contributed by atoms with Crippen molar-refractivity contribution in [1.82, 2.24) is 0 Å². The largest absolute Gasteiger partial charge is 0.394 e. The molecule has 0 aliphatic heterocycles. The highest BCUT2D eigenvalue weighted by atomic mass is 79.9. The molecule has 0 aromatic heterocycles. The van der Waals surface area contributed by atoms with Gasteiger partial charge in [0.2, 0.25) is 0 Å². The first kappa shape index (κ1) is 27.5. The van der Waals surface area contributed by atoms with Gasteiger partial charge in [-0.3, -0.25) is 4.74 Å². The lowest BCUT2D eigenvalue weighted by Crippen LogP contribution is -2.39. The van der Waals surface area contributed by atoms with Gasteiger partial charge in [-0.1, -0.05) is 76.6 Å². The zero-order valence-electron chi connectivity index (χ0n) is 16.7. The second kappa shape index (κ2) is 15.3. The van der Waals surface area contributed by atoms with Gasteiger partial charge >= 0.3 is 12.2 Å². The number of rotatable bonds is 13. The second-order valence-electron chi connectivity index (χ2n) is 6.07. The fourth-order valence-corrected chi connectivity index (χ4v) is 2.42. The summed E-state index contributed by atoms with van der Waals surface area (Å²) >= 11 is 3.36. The predicted molar refractivity (Wildman–Crippen MR) is 110 cm³/mol. The minimum atomic E-state index is -4.21. The van der Waals surface area contributed by atoms with E-state index in [2.05, 4.69) is 47.0 Å². The van der Waals surface area contributed by atoms with Gasteiger partial charge < -0.3 is 19.3 Å². The molecule has 1 N–H and O–H groups in total. The molecule has 0 saturated carbocycles. The lowest BCUT2D eigenvalue weighted by atomic mass is 10.2. The maximum Gasteiger partial charge on any atom is 0.383 e. The molecule has 0 spiro atoms. The Morgan fingerprint density at radius 3 is 1.74 bits per heavy atom. The van der Waals surface area contributed by atoms with E-state index < -0.39 is 32.2 Å². The molecule has 0 bridgehead atoms. The van der Waals surface area contributed by atoms with Gasteiger partial charge in [-0.05, 0) is 11.1 Å². The van der Waals surface area contributed by atoms with Crippen LogP contribution in [-0.4, -0.2) is 50.5 Å². The monoisotopic (exact) mass is 512 g/mol. The number of alkyl halides is 5. The Kier molecular flexibility index (Phi) is 13.5. The van der Waals surface area contributed by atoms with E-state index >= 15 is 0 Å². The topological polar surface area (TPSA) is 57.2 Å². The third-order valence-corrected chi connectivity index (χ3v) is 4.00. The van der Waals surface area contributed by atoms with E-state index in [1.807, 2.05) is 18.2 Å². The normalized spacial score (nSPS) is 11.7. The van der Waals surface area contributed by atoms with Crippen LogP contribution in [0.25, 0.3) is 0 Å². The summed E-state index contributed by atoms with van der Waals surface area (Å²) in [5.74, 6) is 0. The van der Waals surface area contributed by atoms with Crippen LogP contribution in [0.15, 0.2) is 60.7 Å². The molecule has 2 aromatic carbocycles. The van der Waals surface area contributed by atoms with E-state index in [0.29, 0.717) is 5.56 Å². The average molecular weight is 513 g/mol. The number of benzene rings is 2. The Morgan fingerprint density at radius 1 is 0.742 bits per heavy atom. The van der Waals surface area contributed by atoms with Crippen LogP contribution in [0.4, 0.5) is 17.6 Å². The van der Waals surface area contributed by atoms with Crippen LogP contribution in [0.3, 0.4) is 0 Å². The van der Waals surface area contributed by atoms with E-state index in [1.165, 1.54) is 5.56 Å². The molecule has 5 nitrogen and oxygen atoms in total. The maximum absolute atomic E-state index is 13.3. The second-order valence-corrected chi connectivity index (χ2v) is 6.63. The molecule has 0 radical (unpaired) electrons. The summed E-state index contributed by atoms with van der Waals surface area (Å²) in [6.07, 6.45) is -8.38.